The summed E-state index contributed by atoms with van der Waals surface area (Å²) in [5.74, 6) is -1.38. The van der Waals surface area contributed by atoms with Crippen molar-refractivity contribution in [1.82, 2.24) is 15.6 Å². The van der Waals surface area contributed by atoms with Gasteiger partial charge < -0.3 is 24.9 Å². The molecule has 0 saturated heterocycles. The Morgan fingerprint density at radius 1 is 0.884 bits per heavy atom. The highest BCUT2D eigenvalue weighted by molar-refractivity contribution is 7.95. The molecule has 10 nitrogen and oxygen atoms in total. The van der Waals surface area contributed by atoms with Gasteiger partial charge in [0.25, 0.3) is 5.91 Å². The molecule has 0 fully saturated rings. The number of hydrogen-bond donors (Lipinski definition) is 3. The number of benzene rings is 3. The predicted molar refractivity (Wildman–Crippen MR) is 164 cm³/mol. The Labute approximate surface area is 253 Å². The minimum absolute atomic E-state index is 0.136. The molecule has 0 unspecified atom stereocenters. The first kappa shape index (κ1) is 31.0. The normalized spacial score (nSPS) is 11.3. The maximum atomic E-state index is 13.5. The average Bonchev–Trinajstić information content (AvgIpc) is 3.04. The van der Waals surface area contributed by atoms with Crippen molar-refractivity contribution in [3.8, 4) is 0 Å². The van der Waals surface area contributed by atoms with Gasteiger partial charge in [0, 0.05) is 18.4 Å². The fraction of sp³-hybridized carbons (Fsp3) is 0.219. The van der Waals surface area contributed by atoms with Crippen molar-refractivity contribution >= 4 is 52.5 Å². The third kappa shape index (κ3) is 9.57. The monoisotopic (exact) mass is 600 g/mol. The van der Waals surface area contributed by atoms with Gasteiger partial charge in [0.1, 0.15) is 18.3 Å². The summed E-state index contributed by atoms with van der Waals surface area (Å²) in [5.41, 5.74) is 2.11. The van der Waals surface area contributed by atoms with E-state index >= 15 is 0 Å². The summed E-state index contributed by atoms with van der Waals surface area (Å²) in [4.78, 5) is 55.4. The Morgan fingerprint density at radius 2 is 1.63 bits per heavy atom. The fourth-order valence-electron chi connectivity index (χ4n) is 3.98. The molecule has 3 N–H and O–H groups in total. The van der Waals surface area contributed by atoms with Gasteiger partial charge in [-0.1, -0.05) is 73.7 Å². The summed E-state index contributed by atoms with van der Waals surface area (Å²) in [6, 6.07) is 26.0. The molecule has 222 valence electrons. The lowest BCUT2D eigenvalue weighted by atomic mass is 10.1. The summed E-state index contributed by atoms with van der Waals surface area (Å²) in [5, 5.41) is 9.17. The Bertz CT molecular complexity index is 1570. The molecule has 0 aliphatic carbocycles. The van der Waals surface area contributed by atoms with Crippen LogP contribution in [-0.4, -0.2) is 41.4 Å². The van der Waals surface area contributed by atoms with Crippen molar-refractivity contribution in [3.05, 3.63) is 102 Å². The van der Waals surface area contributed by atoms with Crippen molar-refractivity contribution in [1.29, 1.82) is 0 Å². The van der Waals surface area contributed by atoms with E-state index in [-0.39, 0.29) is 31.7 Å². The number of rotatable bonds is 13. The summed E-state index contributed by atoms with van der Waals surface area (Å²) in [7, 11) is 0. The third-order valence-corrected chi connectivity index (χ3v) is 7.07. The van der Waals surface area contributed by atoms with E-state index in [1.165, 1.54) is 0 Å². The molecular formula is C32H32N4O6S. The fourth-order valence-corrected chi connectivity index (χ4v) is 4.62. The molecule has 0 aliphatic heterocycles. The van der Waals surface area contributed by atoms with Crippen molar-refractivity contribution in [3.63, 3.8) is 0 Å². The van der Waals surface area contributed by atoms with Gasteiger partial charge in [-0.3, -0.25) is 14.4 Å². The van der Waals surface area contributed by atoms with Gasteiger partial charge in [-0.15, -0.1) is 0 Å². The van der Waals surface area contributed by atoms with Gasteiger partial charge in [0.2, 0.25) is 5.91 Å². The summed E-state index contributed by atoms with van der Waals surface area (Å²) in [6.45, 7) is 2.05. The summed E-state index contributed by atoms with van der Waals surface area (Å²) >= 11 is 0.850. The second kappa shape index (κ2) is 15.9. The molecule has 11 heteroatoms. The van der Waals surface area contributed by atoms with Crippen LogP contribution < -0.4 is 16.0 Å². The van der Waals surface area contributed by atoms with E-state index in [0.29, 0.717) is 22.5 Å². The van der Waals surface area contributed by atoms with Crippen LogP contribution in [0.2, 0.25) is 0 Å². The van der Waals surface area contributed by atoms with Crippen LogP contribution in [0.3, 0.4) is 0 Å². The molecule has 1 aromatic heterocycles. The quantitative estimate of drug-likeness (QED) is 0.133. The number of carbonyl (C=O) groups excluding carboxylic acids is 4. The number of alkyl carbamates (subject to hydrolysis) is 1. The van der Waals surface area contributed by atoms with Crippen LogP contribution >= 0.6 is 12.0 Å². The molecule has 0 radical (unpaired) electrons. The first-order valence-corrected chi connectivity index (χ1v) is 14.6. The van der Waals surface area contributed by atoms with E-state index in [4.69, 9.17) is 8.92 Å². The number of carbonyl (C=O) groups is 4. The SMILES string of the molecule is CCC(=O)OSc1ccccc1NC(=O)[C@H](CCCNC(=O)OCc1ccccc1)NC(=O)c1ccc2ccccc2n1. The lowest BCUT2D eigenvalue weighted by Gasteiger charge is -2.19. The molecule has 0 saturated carbocycles. The highest BCUT2D eigenvalue weighted by Gasteiger charge is 2.23. The first-order valence-electron chi connectivity index (χ1n) is 13.8. The van der Waals surface area contributed by atoms with E-state index < -0.39 is 29.9 Å². The number of nitrogens with zero attached hydrogens (tertiary/aromatic N) is 1. The van der Waals surface area contributed by atoms with E-state index in [1.807, 2.05) is 48.5 Å². The minimum Gasteiger partial charge on any atom is -0.445 e. The summed E-state index contributed by atoms with van der Waals surface area (Å²) in [6.07, 6.45) is 0.215. The minimum atomic E-state index is -0.959. The molecule has 0 aliphatic rings. The van der Waals surface area contributed by atoms with E-state index in [0.717, 1.165) is 23.0 Å². The first-order chi connectivity index (χ1) is 20.9. The number of amides is 3. The average molecular weight is 601 g/mol. The van der Waals surface area contributed by atoms with Gasteiger partial charge in [0.05, 0.1) is 28.1 Å². The van der Waals surface area contributed by atoms with Crippen molar-refractivity contribution in [2.75, 3.05) is 11.9 Å². The summed E-state index contributed by atoms with van der Waals surface area (Å²) < 4.78 is 10.4. The molecule has 3 amide bonds. The molecule has 4 aromatic rings. The van der Waals surface area contributed by atoms with Gasteiger partial charge in [-0.05, 0) is 42.7 Å². The Hall–Kier alpha value is -4.90. The Balaban J connectivity index is 1.40. The number of aromatic nitrogens is 1. The molecule has 1 heterocycles. The maximum Gasteiger partial charge on any atom is 0.407 e. The Kier molecular flexibility index (Phi) is 11.5. The smallest absolute Gasteiger partial charge is 0.407 e. The standard InChI is InChI=1S/C32H32N4O6S/c1-2-29(37)42-43-28-17-9-8-15-25(28)35-30(38)26(16-10-20-33-32(40)41-21-22-11-4-3-5-12-22)36-31(39)27-19-18-23-13-6-7-14-24(23)34-27/h3-9,11-15,17-19,26H,2,10,16,20-21H2,1H3,(H,33,40)(H,35,38)(H,36,39)/t26-/m0/s1. The number of nitrogens with one attached hydrogen (secondary N) is 3. The predicted octanol–water partition coefficient (Wildman–Crippen LogP) is 5.64. The lowest BCUT2D eigenvalue weighted by molar-refractivity contribution is -0.132. The molecule has 0 spiro atoms. The van der Waals surface area contributed by atoms with Crippen molar-refractivity contribution in [2.45, 2.75) is 43.7 Å². The highest BCUT2D eigenvalue weighted by Crippen LogP contribution is 2.28. The second-order valence-corrected chi connectivity index (χ2v) is 10.2. The number of para-hydroxylation sites is 2. The largest absolute Gasteiger partial charge is 0.445 e. The van der Waals surface area contributed by atoms with Crippen LogP contribution in [0.25, 0.3) is 10.9 Å². The topological polar surface area (TPSA) is 136 Å². The van der Waals surface area contributed by atoms with E-state index in [2.05, 4.69) is 20.9 Å². The van der Waals surface area contributed by atoms with Gasteiger partial charge in [0.15, 0.2) is 0 Å². The molecule has 4 rings (SSSR count). The van der Waals surface area contributed by atoms with Crippen LogP contribution in [0.4, 0.5) is 10.5 Å². The third-order valence-electron chi connectivity index (χ3n) is 6.26. The Morgan fingerprint density at radius 3 is 2.44 bits per heavy atom. The van der Waals surface area contributed by atoms with E-state index in [9.17, 15) is 19.2 Å². The van der Waals surface area contributed by atoms with Crippen LogP contribution in [0.1, 0.15) is 42.2 Å². The van der Waals surface area contributed by atoms with Crippen LogP contribution in [-0.2, 0) is 25.1 Å². The zero-order chi connectivity index (χ0) is 30.4. The number of pyridine rings is 1. The highest BCUT2D eigenvalue weighted by atomic mass is 32.2. The van der Waals surface area contributed by atoms with Gasteiger partial charge >= 0.3 is 12.1 Å². The van der Waals surface area contributed by atoms with Crippen molar-refractivity contribution in [2.24, 2.45) is 0 Å². The lowest BCUT2D eigenvalue weighted by Crippen LogP contribution is -2.44. The molecular weight excluding hydrogens is 568 g/mol. The molecule has 3 aromatic carbocycles. The zero-order valence-electron chi connectivity index (χ0n) is 23.6. The number of fused-ring (bicyclic) bond motifs is 1. The zero-order valence-corrected chi connectivity index (χ0v) is 24.4. The maximum absolute atomic E-state index is 13.5. The van der Waals surface area contributed by atoms with Gasteiger partial charge in [-0.25, -0.2) is 9.78 Å². The van der Waals surface area contributed by atoms with Crippen LogP contribution in [0.5, 0.6) is 0 Å². The van der Waals surface area contributed by atoms with Gasteiger partial charge in [-0.2, -0.15) is 0 Å². The van der Waals surface area contributed by atoms with Crippen LogP contribution in [0.15, 0.2) is 95.9 Å². The number of ether oxygens (including phenoxy) is 1. The number of hydrogen-bond acceptors (Lipinski definition) is 8. The molecule has 1 atom stereocenters. The number of anilines is 1. The van der Waals surface area contributed by atoms with Crippen LogP contribution in [0, 0.1) is 0 Å². The second-order valence-electron chi connectivity index (χ2n) is 9.42. The van der Waals surface area contributed by atoms with Crippen molar-refractivity contribution < 1.29 is 28.1 Å². The molecule has 0 bridgehead atoms. The molecule has 43 heavy (non-hydrogen) atoms. The van der Waals surface area contributed by atoms with E-state index in [1.54, 1.807) is 49.4 Å².